The maximum atomic E-state index is 12.9. The summed E-state index contributed by atoms with van der Waals surface area (Å²) in [6, 6.07) is 13.0. The SMILES string of the molecule is CC1=C(C(=O)Nc2ccccc2)[C@@H](c2cccs2)n2nnnc2N1. The second-order valence-corrected chi connectivity index (χ2v) is 6.33. The van der Waals surface area contributed by atoms with Crippen LogP contribution in [0.3, 0.4) is 0 Å². The highest BCUT2D eigenvalue weighted by Gasteiger charge is 2.34. The number of benzene rings is 1. The molecule has 1 aliphatic heterocycles. The van der Waals surface area contributed by atoms with Crippen LogP contribution in [0.15, 0.2) is 59.1 Å². The number of tetrazole rings is 1. The Hall–Kier alpha value is -3.00. The lowest BCUT2D eigenvalue weighted by molar-refractivity contribution is -0.113. The predicted molar refractivity (Wildman–Crippen MR) is 91.7 cm³/mol. The second-order valence-electron chi connectivity index (χ2n) is 5.35. The number of hydrogen-bond acceptors (Lipinski definition) is 6. The molecule has 7 nitrogen and oxygen atoms in total. The fourth-order valence-electron chi connectivity index (χ4n) is 2.74. The molecule has 0 radical (unpaired) electrons. The molecule has 0 aliphatic carbocycles. The summed E-state index contributed by atoms with van der Waals surface area (Å²) >= 11 is 1.57. The van der Waals surface area contributed by atoms with Gasteiger partial charge in [0.25, 0.3) is 5.91 Å². The van der Waals surface area contributed by atoms with Gasteiger partial charge in [0.15, 0.2) is 0 Å². The summed E-state index contributed by atoms with van der Waals surface area (Å²) in [6.45, 7) is 1.86. The minimum absolute atomic E-state index is 0.175. The Morgan fingerprint density at radius 1 is 1.25 bits per heavy atom. The lowest BCUT2D eigenvalue weighted by Gasteiger charge is -2.26. The van der Waals surface area contributed by atoms with Gasteiger partial charge in [0.2, 0.25) is 5.95 Å². The zero-order valence-electron chi connectivity index (χ0n) is 12.8. The number of rotatable bonds is 3. The number of allylic oxidation sites excluding steroid dienone is 1. The van der Waals surface area contributed by atoms with E-state index < -0.39 is 0 Å². The van der Waals surface area contributed by atoms with Gasteiger partial charge in [-0.3, -0.25) is 4.79 Å². The van der Waals surface area contributed by atoms with Crippen molar-refractivity contribution in [1.82, 2.24) is 20.2 Å². The Morgan fingerprint density at radius 3 is 2.83 bits per heavy atom. The van der Waals surface area contributed by atoms with Gasteiger partial charge in [0.05, 0.1) is 5.57 Å². The van der Waals surface area contributed by atoms with Crippen LogP contribution >= 0.6 is 11.3 Å². The first-order valence-corrected chi connectivity index (χ1v) is 8.27. The maximum Gasteiger partial charge on any atom is 0.255 e. The molecule has 4 rings (SSSR count). The largest absolute Gasteiger partial charge is 0.326 e. The molecule has 1 aliphatic rings. The van der Waals surface area contributed by atoms with Gasteiger partial charge >= 0.3 is 0 Å². The molecule has 0 saturated carbocycles. The summed E-state index contributed by atoms with van der Waals surface area (Å²) in [7, 11) is 0. The van der Waals surface area contributed by atoms with Crippen LogP contribution < -0.4 is 10.6 Å². The predicted octanol–water partition coefficient (Wildman–Crippen LogP) is 2.66. The van der Waals surface area contributed by atoms with Crippen molar-refractivity contribution in [3.8, 4) is 0 Å². The topological polar surface area (TPSA) is 84.7 Å². The molecule has 1 amide bonds. The third-order valence-electron chi connectivity index (χ3n) is 3.80. The molecule has 120 valence electrons. The van der Waals surface area contributed by atoms with Gasteiger partial charge in [-0.25, -0.2) is 0 Å². The van der Waals surface area contributed by atoms with Crippen molar-refractivity contribution in [3.63, 3.8) is 0 Å². The zero-order chi connectivity index (χ0) is 16.5. The molecule has 0 bridgehead atoms. The van der Waals surface area contributed by atoms with E-state index in [9.17, 15) is 4.79 Å². The number of anilines is 2. The number of aromatic nitrogens is 4. The van der Waals surface area contributed by atoms with Crippen LogP contribution in [0.5, 0.6) is 0 Å². The van der Waals surface area contributed by atoms with Crippen LogP contribution in [0.25, 0.3) is 0 Å². The first-order chi connectivity index (χ1) is 11.7. The number of carbonyl (C=O) groups is 1. The Kier molecular flexibility index (Phi) is 3.58. The van der Waals surface area contributed by atoms with Crippen LogP contribution in [-0.2, 0) is 4.79 Å². The van der Waals surface area contributed by atoms with E-state index in [0.29, 0.717) is 11.5 Å². The van der Waals surface area contributed by atoms with Crippen LogP contribution in [0.2, 0.25) is 0 Å². The fraction of sp³-hybridized carbons (Fsp3) is 0.125. The van der Waals surface area contributed by atoms with Gasteiger partial charge in [-0.05, 0) is 40.9 Å². The van der Waals surface area contributed by atoms with Gasteiger partial charge < -0.3 is 10.6 Å². The maximum absolute atomic E-state index is 12.9. The van der Waals surface area contributed by atoms with Crippen LogP contribution in [0, 0.1) is 0 Å². The summed E-state index contributed by atoms with van der Waals surface area (Å²) in [5.41, 5.74) is 2.08. The van der Waals surface area contributed by atoms with E-state index in [4.69, 9.17) is 0 Å². The zero-order valence-corrected chi connectivity index (χ0v) is 13.6. The monoisotopic (exact) mass is 338 g/mol. The average Bonchev–Trinajstić information content (AvgIpc) is 3.25. The van der Waals surface area contributed by atoms with Crippen LogP contribution in [-0.4, -0.2) is 26.1 Å². The lowest BCUT2D eigenvalue weighted by Crippen LogP contribution is -2.31. The van der Waals surface area contributed by atoms with E-state index in [2.05, 4.69) is 26.2 Å². The standard InChI is InChI=1S/C16H14N6OS/c1-10-13(15(23)18-11-6-3-2-4-7-11)14(12-8-5-9-24-12)22-16(17-10)19-20-21-22/h2-9,14H,1H3,(H,18,23)(H,17,19,21)/t14-/m1/s1. The Bertz CT molecular complexity index is 900. The third-order valence-corrected chi connectivity index (χ3v) is 4.73. The summed E-state index contributed by atoms with van der Waals surface area (Å²) < 4.78 is 1.64. The van der Waals surface area contributed by atoms with Crippen molar-refractivity contribution in [1.29, 1.82) is 0 Å². The average molecular weight is 338 g/mol. The van der Waals surface area contributed by atoms with Gasteiger partial charge in [0, 0.05) is 16.3 Å². The third kappa shape index (κ3) is 2.46. The van der Waals surface area contributed by atoms with E-state index in [1.54, 1.807) is 16.0 Å². The molecule has 1 atom stereocenters. The Balaban J connectivity index is 1.75. The Labute approximate surface area is 142 Å². The number of carbonyl (C=O) groups excluding carboxylic acids is 1. The number of thiophene rings is 1. The fourth-order valence-corrected chi connectivity index (χ4v) is 3.55. The molecule has 3 aromatic rings. The van der Waals surface area contributed by atoms with Crippen molar-refractivity contribution in [2.24, 2.45) is 0 Å². The number of nitrogens with zero attached hydrogens (tertiary/aromatic N) is 4. The number of para-hydroxylation sites is 1. The molecule has 3 heterocycles. The number of nitrogens with one attached hydrogen (secondary N) is 2. The van der Waals surface area contributed by atoms with Gasteiger partial charge in [-0.1, -0.05) is 29.4 Å². The highest BCUT2D eigenvalue weighted by atomic mass is 32.1. The molecular formula is C16H14N6OS. The Morgan fingerprint density at radius 2 is 2.08 bits per heavy atom. The van der Waals surface area contributed by atoms with Gasteiger partial charge in [0.1, 0.15) is 6.04 Å². The van der Waals surface area contributed by atoms with Crippen LogP contribution in [0.1, 0.15) is 17.8 Å². The second kappa shape index (κ2) is 5.89. The highest BCUT2D eigenvalue weighted by molar-refractivity contribution is 7.10. The van der Waals surface area contributed by atoms with Gasteiger partial charge in [-0.2, -0.15) is 4.68 Å². The minimum Gasteiger partial charge on any atom is -0.326 e. The quantitative estimate of drug-likeness (QED) is 0.767. The van der Waals surface area contributed by atoms with E-state index in [-0.39, 0.29) is 11.9 Å². The van der Waals surface area contributed by atoms with Gasteiger partial charge in [-0.15, -0.1) is 11.3 Å². The van der Waals surface area contributed by atoms with Crippen molar-refractivity contribution >= 4 is 28.9 Å². The van der Waals surface area contributed by atoms with E-state index in [1.807, 2.05) is 54.8 Å². The van der Waals surface area contributed by atoms with E-state index >= 15 is 0 Å². The normalized spacial score (nSPS) is 16.5. The molecule has 2 aromatic heterocycles. The lowest BCUT2D eigenvalue weighted by atomic mass is 10.0. The molecule has 0 fully saturated rings. The smallest absolute Gasteiger partial charge is 0.255 e. The van der Waals surface area contributed by atoms with Crippen molar-refractivity contribution in [2.75, 3.05) is 10.6 Å². The van der Waals surface area contributed by atoms with E-state index in [1.165, 1.54) is 0 Å². The molecular weight excluding hydrogens is 324 g/mol. The molecule has 2 N–H and O–H groups in total. The molecule has 0 unspecified atom stereocenters. The van der Waals surface area contributed by atoms with Crippen LogP contribution in [0.4, 0.5) is 11.6 Å². The molecule has 1 aromatic carbocycles. The summed E-state index contributed by atoms with van der Waals surface area (Å²) in [6.07, 6.45) is 0. The molecule has 0 saturated heterocycles. The number of hydrogen-bond donors (Lipinski definition) is 2. The molecule has 8 heteroatoms. The molecule has 24 heavy (non-hydrogen) atoms. The highest BCUT2D eigenvalue weighted by Crippen LogP contribution is 2.36. The summed E-state index contributed by atoms with van der Waals surface area (Å²) in [5.74, 6) is 0.355. The first-order valence-electron chi connectivity index (χ1n) is 7.39. The first kappa shape index (κ1) is 14.6. The number of amides is 1. The number of fused-ring (bicyclic) bond motifs is 1. The van der Waals surface area contributed by atoms with Crippen molar-refractivity contribution < 1.29 is 4.79 Å². The summed E-state index contributed by atoms with van der Waals surface area (Å²) in [4.78, 5) is 13.9. The minimum atomic E-state index is -0.347. The van der Waals surface area contributed by atoms with Crippen molar-refractivity contribution in [3.05, 3.63) is 64.0 Å². The summed E-state index contributed by atoms with van der Waals surface area (Å²) in [5, 5.41) is 19.8. The van der Waals surface area contributed by atoms with Crippen molar-refractivity contribution in [2.45, 2.75) is 13.0 Å². The van der Waals surface area contributed by atoms with E-state index in [0.717, 1.165) is 16.3 Å². The molecule has 0 spiro atoms.